The number of hydrogen-bond donors (Lipinski definition) is 1. The van der Waals surface area contributed by atoms with Crippen LogP contribution in [0.25, 0.3) is 0 Å². The lowest BCUT2D eigenvalue weighted by Gasteiger charge is -2.16. The van der Waals surface area contributed by atoms with E-state index in [4.69, 9.17) is 10.2 Å². The normalized spacial score (nSPS) is 12.0. The summed E-state index contributed by atoms with van der Waals surface area (Å²) in [5.41, 5.74) is 5.58. The van der Waals surface area contributed by atoms with Crippen LogP contribution in [0.5, 0.6) is 0 Å². The van der Waals surface area contributed by atoms with Gasteiger partial charge in [0.25, 0.3) is 0 Å². The third kappa shape index (κ3) is 5.26. The highest BCUT2D eigenvalue weighted by molar-refractivity contribution is 8.00. The lowest BCUT2D eigenvalue weighted by atomic mass is 10.4. The van der Waals surface area contributed by atoms with Crippen molar-refractivity contribution in [3.05, 3.63) is 23.7 Å². The maximum absolute atomic E-state index is 11.9. The average molecular weight is 300 g/mol. The minimum Gasteiger partial charge on any atom is -0.468 e. The van der Waals surface area contributed by atoms with Gasteiger partial charge in [-0.05, 0) is 19.1 Å². The van der Waals surface area contributed by atoms with Gasteiger partial charge in [-0.15, -0.1) is 11.8 Å². The van der Waals surface area contributed by atoms with Gasteiger partial charge in [-0.25, -0.2) is 0 Å². The zero-order valence-corrected chi connectivity index (χ0v) is 12.7. The van der Waals surface area contributed by atoms with Crippen LogP contribution in [-0.2, 0) is 20.9 Å². The highest BCUT2D eigenvalue weighted by Gasteiger charge is 2.16. The average Bonchev–Trinajstić information content (AvgIpc) is 2.82. The topological polar surface area (TPSA) is 85.8 Å². The van der Waals surface area contributed by atoms with Crippen LogP contribution in [0, 0.1) is 6.92 Å². The number of furan rings is 1. The van der Waals surface area contributed by atoms with Crippen LogP contribution in [0.2, 0.25) is 0 Å². The van der Waals surface area contributed by atoms with Crippen molar-refractivity contribution in [1.82, 2.24) is 4.90 Å². The number of hydrogen-bond acceptors (Lipinski definition) is 6. The number of aryl methyl sites for hydroxylation is 1. The van der Waals surface area contributed by atoms with Gasteiger partial charge >= 0.3 is 5.97 Å². The Morgan fingerprint density at radius 3 is 2.75 bits per heavy atom. The molecule has 0 aliphatic heterocycles. The van der Waals surface area contributed by atoms with E-state index in [0.29, 0.717) is 12.3 Å². The highest BCUT2D eigenvalue weighted by atomic mass is 32.2. The summed E-state index contributed by atoms with van der Waals surface area (Å²) < 4.78 is 9.92. The molecule has 2 N–H and O–H groups in total. The van der Waals surface area contributed by atoms with Crippen molar-refractivity contribution in [2.75, 3.05) is 25.7 Å². The Balaban J connectivity index is 2.30. The summed E-state index contributed by atoms with van der Waals surface area (Å²) in [6.45, 7) is 2.28. The molecule has 0 fully saturated rings. The Hall–Kier alpha value is -1.47. The molecule has 1 unspecified atom stereocenters. The molecular weight excluding hydrogens is 280 g/mol. The van der Waals surface area contributed by atoms with Gasteiger partial charge in [-0.2, -0.15) is 0 Å². The van der Waals surface area contributed by atoms with Gasteiger partial charge in [0.15, 0.2) is 0 Å². The summed E-state index contributed by atoms with van der Waals surface area (Å²) >= 11 is 1.31. The Bertz CT molecular complexity index is 461. The second-order valence-corrected chi connectivity index (χ2v) is 5.44. The second-order valence-electron chi connectivity index (χ2n) is 4.41. The molecule has 1 rings (SSSR count). The summed E-state index contributed by atoms with van der Waals surface area (Å²) in [6, 6.07) is 3.01. The number of carbonyl (C=O) groups excluding carboxylic acids is 2. The smallest absolute Gasteiger partial charge is 0.323 e. The number of esters is 1. The molecule has 0 aromatic carbocycles. The predicted molar refractivity (Wildman–Crippen MR) is 77.2 cm³/mol. The van der Waals surface area contributed by atoms with Gasteiger partial charge in [-0.1, -0.05) is 0 Å². The number of nitrogens with two attached hydrogens (primary N) is 1. The van der Waals surface area contributed by atoms with Crippen molar-refractivity contribution >= 4 is 23.6 Å². The molecule has 1 amide bonds. The fourth-order valence-corrected chi connectivity index (χ4v) is 2.40. The van der Waals surface area contributed by atoms with Gasteiger partial charge in [-0.3, -0.25) is 9.59 Å². The van der Waals surface area contributed by atoms with E-state index in [1.165, 1.54) is 18.9 Å². The number of methoxy groups -OCH3 is 1. The monoisotopic (exact) mass is 300 g/mol. The zero-order valence-electron chi connectivity index (χ0n) is 11.9. The van der Waals surface area contributed by atoms with Gasteiger partial charge < -0.3 is 19.8 Å². The Labute approximate surface area is 122 Å². The van der Waals surface area contributed by atoms with E-state index in [-0.39, 0.29) is 11.7 Å². The van der Waals surface area contributed by atoms with E-state index in [9.17, 15) is 9.59 Å². The summed E-state index contributed by atoms with van der Waals surface area (Å²) in [4.78, 5) is 24.6. The van der Waals surface area contributed by atoms with Crippen molar-refractivity contribution in [1.29, 1.82) is 0 Å². The summed E-state index contributed by atoms with van der Waals surface area (Å²) in [6.07, 6.45) is 0. The minimum atomic E-state index is -0.698. The molecule has 1 heterocycles. The zero-order chi connectivity index (χ0) is 15.1. The molecule has 0 aliphatic rings. The molecule has 7 heteroatoms. The van der Waals surface area contributed by atoms with Crippen molar-refractivity contribution in [2.45, 2.75) is 19.5 Å². The fraction of sp³-hybridized carbons (Fsp3) is 0.538. The first-order valence-corrected chi connectivity index (χ1v) is 7.30. The van der Waals surface area contributed by atoms with Crippen LogP contribution < -0.4 is 5.73 Å². The van der Waals surface area contributed by atoms with Crippen LogP contribution >= 0.6 is 11.8 Å². The molecule has 0 radical (unpaired) electrons. The number of amides is 1. The number of ether oxygens (including phenoxy) is 1. The van der Waals surface area contributed by atoms with Crippen LogP contribution in [0.4, 0.5) is 0 Å². The lowest BCUT2D eigenvalue weighted by molar-refractivity contribution is -0.141. The first kappa shape index (κ1) is 16.6. The van der Waals surface area contributed by atoms with E-state index < -0.39 is 12.0 Å². The molecule has 1 aromatic rings. The maximum atomic E-state index is 11.9. The van der Waals surface area contributed by atoms with E-state index in [0.717, 1.165) is 11.5 Å². The van der Waals surface area contributed by atoms with Crippen LogP contribution in [0.3, 0.4) is 0 Å². The summed E-state index contributed by atoms with van der Waals surface area (Å²) in [7, 11) is 3.00. The van der Waals surface area contributed by atoms with E-state index in [1.54, 1.807) is 11.9 Å². The predicted octanol–water partition coefficient (Wildman–Crippen LogP) is 0.780. The Kier molecular flexibility index (Phi) is 6.60. The van der Waals surface area contributed by atoms with Crippen LogP contribution in [0.15, 0.2) is 16.5 Å². The van der Waals surface area contributed by atoms with Crippen molar-refractivity contribution in [3.8, 4) is 0 Å². The van der Waals surface area contributed by atoms with Gasteiger partial charge in [0.1, 0.15) is 17.6 Å². The molecule has 6 nitrogen and oxygen atoms in total. The third-order valence-corrected chi connectivity index (χ3v) is 3.69. The fourth-order valence-electron chi connectivity index (χ4n) is 1.49. The molecule has 0 bridgehead atoms. The Morgan fingerprint density at radius 2 is 2.20 bits per heavy atom. The number of thioether (sulfide) groups is 1. The Morgan fingerprint density at radius 1 is 1.50 bits per heavy atom. The second kappa shape index (κ2) is 7.96. The highest BCUT2D eigenvalue weighted by Crippen LogP contribution is 2.10. The lowest BCUT2D eigenvalue weighted by Crippen LogP contribution is -2.35. The van der Waals surface area contributed by atoms with Crippen LogP contribution in [0.1, 0.15) is 11.5 Å². The van der Waals surface area contributed by atoms with E-state index in [2.05, 4.69) is 4.74 Å². The van der Waals surface area contributed by atoms with Gasteiger partial charge in [0.05, 0.1) is 19.4 Å². The molecule has 1 atom stereocenters. The molecule has 112 valence electrons. The summed E-state index contributed by atoms with van der Waals surface area (Å²) in [5.74, 6) is 1.67. The van der Waals surface area contributed by atoms with Crippen molar-refractivity contribution in [3.63, 3.8) is 0 Å². The van der Waals surface area contributed by atoms with Crippen molar-refractivity contribution < 1.29 is 18.7 Å². The van der Waals surface area contributed by atoms with Gasteiger partial charge in [0, 0.05) is 12.8 Å². The SMILES string of the molecule is COC(=O)C(N)CSCC(=O)N(C)Cc1ccc(C)o1. The van der Waals surface area contributed by atoms with E-state index in [1.807, 2.05) is 19.1 Å². The summed E-state index contributed by atoms with van der Waals surface area (Å²) in [5, 5.41) is 0. The molecule has 0 aliphatic carbocycles. The quantitative estimate of drug-likeness (QED) is 0.749. The molecule has 0 spiro atoms. The molecular formula is C13H20N2O4S. The first-order valence-electron chi connectivity index (χ1n) is 6.14. The molecule has 0 saturated heterocycles. The maximum Gasteiger partial charge on any atom is 0.323 e. The molecule has 20 heavy (non-hydrogen) atoms. The minimum absolute atomic E-state index is 0.0406. The number of carbonyl (C=O) groups is 2. The molecule has 0 saturated carbocycles. The van der Waals surface area contributed by atoms with Gasteiger partial charge in [0.2, 0.25) is 5.91 Å². The van der Waals surface area contributed by atoms with Crippen LogP contribution in [-0.4, -0.2) is 48.5 Å². The standard InChI is InChI=1S/C13H20N2O4S/c1-9-4-5-10(19-9)6-15(2)12(16)8-20-7-11(14)13(17)18-3/h4-5,11H,6-8,14H2,1-3H3. The number of rotatable bonds is 7. The first-order chi connectivity index (χ1) is 9.43. The van der Waals surface area contributed by atoms with Crippen molar-refractivity contribution in [2.24, 2.45) is 5.73 Å². The molecule has 1 aromatic heterocycles. The largest absolute Gasteiger partial charge is 0.468 e. The van der Waals surface area contributed by atoms with E-state index >= 15 is 0 Å². The number of nitrogens with zero attached hydrogens (tertiary/aromatic N) is 1. The third-order valence-electron chi connectivity index (χ3n) is 2.64.